The molecule has 0 aliphatic rings. The maximum Gasteiger partial charge on any atom is 0.136 e. The molecule has 0 saturated carbocycles. The average Bonchev–Trinajstić information content (AvgIpc) is 2.44. The Morgan fingerprint density at radius 3 is 2.84 bits per heavy atom. The number of benzene rings is 1. The van der Waals surface area contributed by atoms with Gasteiger partial charge in [0.1, 0.15) is 5.82 Å². The van der Waals surface area contributed by atoms with Gasteiger partial charge in [-0.25, -0.2) is 4.98 Å². The number of anilines is 1. The zero-order valence-corrected chi connectivity index (χ0v) is 12.6. The zero-order chi connectivity index (χ0) is 13.7. The smallest absolute Gasteiger partial charge is 0.136 e. The standard InChI is InChI=1S/C15H21N3S/c1-16-11-13-10-12-6-4-5-7-14(12)15(17-13)18(2)8-9-19-3/h4-7,10,16H,8-9,11H2,1-3H3. The van der Waals surface area contributed by atoms with E-state index >= 15 is 0 Å². The second kappa shape index (κ2) is 6.78. The van der Waals surface area contributed by atoms with Gasteiger partial charge in [0, 0.05) is 31.3 Å². The van der Waals surface area contributed by atoms with Crippen LogP contribution in [0.15, 0.2) is 30.3 Å². The van der Waals surface area contributed by atoms with E-state index < -0.39 is 0 Å². The Labute approximate surface area is 119 Å². The number of nitrogens with one attached hydrogen (secondary N) is 1. The van der Waals surface area contributed by atoms with E-state index in [2.05, 4.69) is 53.9 Å². The molecule has 102 valence electrons. The molecule has 0 atom stereocenters. The quantitative estimate of drug-likeness (QED) is 0.877. The predicted octanol–water partition coefficient (Wildman–Crippen LogP) is 2.75. The molecule has 4 heteroatoms. The molecule has 0 spiro atoms. The van der Waals surface area contributed by atoms with Gasteiger partial charge in [0.2, 0.25) is 0 Å². The number of fused-ring (bicyclic) bond motifs is 1. The molecule has 2 rings (SSSR count). The van der Waals surface area contributed by atoms with Crippen LogP contribution in [-0.2, 0) is 6.54 Å². The second-order valence-corrected chi connectivity index (χ2v) is 5.59. The van der Waals surface area contributed by atoms with Crippen molar-refractivity contribution in [3.8, 4) is 0 Å². The summed E-state index contributed by atoms with van der Waals surface area (Å²) in [6, 6.07) is 10.6. The monoisotopic (exact) mass is 275 g/mol. The fourth-order valence-electron chi connectivity index (χ4n) is 2.13. The molecule has 1 aromatic heterocycles. The Balaban J connectivity index is 2.43. The molecule has 0 fully saturated rings. The Morgan fingerprint density at radius 1 is 1.32 bits per heavy atom. The highest BCUT2D eigenvalue weighted by Gasteiger charge is 2.09. The van der Waals surface area contributed by atoms with Crippen molar-refractivity contribution in [3.63, 3.8) is 0 Å². The zero-order valence-electron chi connectivity index (χ0n) is 11.8. The Morgan fingerprint density at radius 2 is 2.11 bits per heavy atom. The molecule has 0 amide bonds. The van der Waals surface area contributed by atoms with Gasteiger partial charge in [-0.05, 0) is 24.8 Å². The lowest BCUT2D eigenvalue weighted by molar-refractivity contribution is 0.789. The molecule has 0 saturated heterocycles. The van der Waals surface area contributed by atoms with Gasteiger partial charge >= 0.3 is 0 Å². The van der Waals surface area contributed by atoms with Crippen LogP contribution in [0, 0.1) is 0 Å². The minimum absolute atomic E-state index is 0.800. The van der Waals surface area contributed by atoms with Crippen LogP contribution < -0.4 is 10.2 Å². The summed E-state index contributed by atoms with van der Waals surface area (Å²) in [6.07, 6.45) is 2.14. The summed E-state index contributed by atoms with van der Waals surface area (Å²) in [4.78, 5) is 7.05. The van der Waals surface area contributed by atoms with Gasteiger partial charge in [-0.3, -0.25) is 0 Å². The fraction of sp³-hybridized carbons (Fsp3) is 0.400. The van der Waals surface area contributed by atoms with E-state index in [0.717, 1.165) is 30.4 Å². The molecule has 3 nitrogen and oxygen atoms in total. The van der Waals surface area contributed by atoms with Crippen molar-refractivity contribution in [1.82, 2.24) is 10.3 Å². The van der Waals surface area contributed by atoms with Crippen LogP contribution in [0.2, 0.25) is 0 Å². The molecule has 0 bridgehead atoms. The van der Waals surface area contributed by atoms with E-state index in [0.29, 0.717) is 0 Å². The van der Waals surface area contributed by atoms with Crippen molar-refractivity contribution >= 4 is 28.4 Å². The van der Waals surface area contributed by atoms with E-state index in [1.54, 1.807) is 0 Å². The summed E-state index contributed by atoms with van der Waals surface area (Å²) >= 11 is 1.86. The van der Waals surface area contributed by atoms with Crippen LogP contribution in [-0.4, -0.2) is 37.6 Å². The first kappa shape index (κ1) is 14.2. The predicted molar refractivity (Wildman–Crippen MR) is 86.2 cm³/mol. The van der Waals surface area contributed by atoms with Gasteiger partial charge < -0.3 is 10.2 Å². The van der Waals surface area contributed by atoms with Gasteiger partial charge in [-0.1, -0.05) is 24.3 Å². The van der Waals surface area contributed by atoms with Crippen LogP contribution in [0.1, 0.15) is 5.69 Å². The highest BCUT2D eigenvalue weighted by Crippen LogP contribution is 2.25. The fourth-order valence-corrected chi connectivity index (χ4v) is 2.59. The minimum Gasteiger partial charge on any atom is -0.358 e. The lowest BCUT2D eigenvalue weighted by atomic mass is 10.1. The van der Waals surface area contributed by atoms with Gasteiger partial charge in [-0.15, -0.1) is 0 Å². The molecule has 1 aromatic carbocycles. The molecule has 0 unspecified atom stereocenters. The number of nitrogens with zero attached hydrogens (tertiary/aromatic N) is 2. The van der Waals surface area contributed by atoms with E-state index in [-0.39, 0.29) is 0 Å². The maximum atomic E-state index is 4.80. The van der Waals surface area contributed by atoms with E-state index in [4.69, 9.17) is 4.98 Å². The Kier molecular flexibility index (Phi) is 5.05. The van der Waals surface area contributed by atoms with Crippen molar-refractivity contribution < 1.29 is 0 Å². The third-order valence-corrected chi connectivity index (χ3v) is 3.71. The van der Waals surface area contributed by atoms with Crippen molar-refractivity contribution in [2.24, 2.45) is 0 Å². The number of rotatable bonds is 6. The highest BCUT2D eigenvalue weighted by molar-refractivity contribution is 7.98. The first-order valence-corrected chi connectivity index (χ1v) is 7.89. The van der Waals surface area contributed by atoms with E-state index in [1.165, 1.54) is 10.8 Å². The third-order valence-electron chi connectivity index (χ3n) is 3.12. The van der Waals surface area contributed by atoms with Crippen LogP contribution in [0.25, 0.3) is 10.8 Å². The summed E-state index contributed by atoms with van der Waals surface area (Å²) in [5.74, 6) is 2.19. The van der Waals surface area contributed by atoms with Crippen LogP contribution >= 0.6 is 11.8 Å². The van der Waals surface area contributed by atoms with Gasteiger partial charge in [-0.2, -0.15) is 11.8 Å². The van der Waals surface area contributed by atoms with Gasteiger partial charge in [0.25, 0.3) is 0 Å². The summed E-state index contributed by atoms with van der Waals surface area (Å²) in [6.45, 7) is 1.81. The average molecular weight is 275 g/mol. The van der Waals surface area contributed by atoms with Crippen LogP contribution in [0.5, 0.6) is 0 Å². The SMILES string of the molecule is CNCc1cc2ccccc2c(N(C)CCSC)n1. The van der Waals surface area contributed by atoms with E-state index in [9.17, 15) is 0 Å². The molecular weight excluding hydrogens is 254 g/mol. The topological polar surface area (TPSA) is 28.2 Å². The minimum atomic E-state index is 0.800. The summed E-state index contributed by atoms with van der Waals surface area (Å²) in [5, 5.41) is 5.66. The number of pyridine rings is 1. The number of hydrogen-bond acceptors (Lipinski definition) is 4. The van der Waals surface area contributed by atoms with Crippen molar-refractivity contribution in [3.05, 3.63) is 36.0 Å². The lowest BCUT2D eigenvalue weighted by Crippen LogP contribution is -2.22. The third kappa shape index (κ3) is 3.39. The van der Waals surface area contributed by atoms with Crippen LogP contribution in [0.3, 0.4) is 0 Å². The summed E-state index contributed by atoms with van der Waals surface area (Å²) < 4.78 is 0. The molecule has 0 aliphatic heterocycles. The number of hydrogen-bond donors (Lipinski definition) is 1. The van der Waals surface area contributed by atoms with E-state index in [1.807, 2.05) is 18.8 Å². The molecule has 1 heterocycles. The first-order valence-electron chi connectivity index (χ1n) is 6.49. The number of aromatic nitrogens is 1. The van der Waals surface area contributed by atoms with Crippen molar-refractivity contribution in [2.75, 3.05) is 37.5 Å². The summed E-state index contributed by atoms with van der Waals surface area (Å²) in [5.41, 5.74) is 1.09. The molecule has 19 heavy (non-hydrogen) atoms. The largest absolute Gasteiger partial charge is 0.358 e. The highest BCUT2D eigenvalue weighted by atomic mass is 32.2. The van der Waals surface area contributed by atoms with Crippen molar-refractivity contribution in [1.29, 1.82) is 0 Å². The molecule has 0 radical (unpaired) electrons. The molecule has 2 aromatic rings. The lowest BCUT2D eigenvalue weighted by Gasteiger charge is -2.20. The molecule has 0 aliphatic carbocycles. The van der Waals surface area contributed by atoms with Crippen molar-refractivity contribution in [2.45, 2.75) is 6.54 Å². The normalized spacial score (nSPS) is 10.9. The first-order chi connectivity index (χ1) is 9.26. The summed E-state index contributed by atoms with van der Waals surface area (Å²) in [7, 11) is 4.07. The Bertz CT molecular complexity index is 542. The number of thioether (sulfide) groups is 1. The molecular formula is C15H21N3S. The maximum absolute atomic E-state index is 4.80. The second-order valence-electron chi connectivity index (χ2n) is 4.60. The molecule has 1 N–H and O–H groups in total. The Hall–Kier alpha value is -1.26. The van der Waals surface area contributed by atoms with Gasteiger partial charge in [0.05, 0.1) is 5.69 Å². The van der Waals surface area contributed by atoms with Crippen LogP contribution in [0.4, 0.5) is 5.82 Å². The van der Waals surface area contributed by atoms with Gasteiger partial charge in [0.15, 0.2) is 0 Å².